The summed E-state index contributed by atoms with van der Waals surface area (Å²) in [6, 6.07) is 6.84. The van der Waals surface area contributed by atoms with Crippen LogP contribution in [-0.2, 0) is 0 Å². The van der Waals surface area contributed by atoms with Gasteiger partial charge in [-0.3, -0.25) is 0 Å². The molecule has 1 fully saturated rings. The molecule has 3 rings (SSSR count). The van der Waals surface area contributed by atoms with Crippen molar-refractivity contribution in [2.24, 2.45) is 5.92 Å². The number of aromatic nitrogens is 1. The minimum atomic E-state index is 0.608. The van der Waals surface area contributed by atoms with Crippen LogP contribution in [0, 0.1) is 12.8 Å². The summed E-state index contributed by atoms with van der Waals surface area (Å²) in [5.74, 6) is 1.67. The van der Waals surface area contributed by atoms with Crippen molar-refractivity contribution in [1.29, 1.82) is 0 Å². The lowest BCUT2D eigenvalue weighted by molar-refractivity contribution is 0.444. The number of benzene rings is 1. The Morgan fingerprint density at radius 3 is 3.00 bits per heavy atom. The van der Waals surface area contributed by atoms with E-state index in [9.17, 15) is 0 Å². The number of oxazole rings is 1. The molecule has 20 heavy (non-hydrogen) atoms. The average Bonchev–Trinajstić information content (AvgIpc) is 2.66. The summed E-state index contributed by atoms with van der Waals surface area (Å²) in [5, 5.41) is 3.69. The summed E-state index contributed by atoms with van der Waals surface area (Å²) >= 11 is 0. The van der Waals surface area contributed by atoms with Gasteiger partial charge in [-0.15, -0.1) is 0 Å². The average molecular weight is 272 g/mol. The molecular weight excluding hydrogens is 248 g/mol. The van der Waals surface area contributed by atoms with Crippen LogP contribution in [0.2, 0.25) is 0 Å². The molecule has 1 aliphatic rings. The van der Waals surface area contributed by atoms with Gasteiger partial charge >= 0.3 is 0 Å². The fourth-order valence-corrected chi connectivity index (χ4v) is 3.30. The van der Waals surface area contributed by atoms with E-state index >= 15 is 0 Å². The second-order valence-electron chi connectivity index (χ2n) is 6.04. The Kier molecular flexibility index (Phi) is 3.95. The Labute approximate surface area is 120 Å². The molecule has 1 N–H and O–H groups in total. The van der Waals surface area contributed by atoms with Crippen LogP contribution in [-0.4, -0.2) is 11.0 Å². The second-order valence-corrected chi connectivity index (χ2v) is 6.04. The molecule has 2 unspecified atom stereocenters. The van der Waals surface area contributed by atoms with Crippen LogP contribution < -0.4 is 5.32 Å². The summed E-state index contributed by atoms with van der Waals surface area (Å²) in [5.41, 5.74) is 3.00. The number of hydrogen-bond acceptors (Lipinski definition) is 3. The van der Waals surface area contributed by atoms with Crippen LogP contribution >= 0.6 is 0 Å². The molecule has 2 aromatic rings. The molecule has 1 aromatic carbocycles. The van der Waals surface area contributed by atoms with Crippen molar-refractivity contribution in [1.82, 2.24) is 4.98 Å². The highest BCUT2D eigenvalue weighted by Crippen LogP contribution is 2.28. The van der Waals surface area contributed by atoms with Gasteiger partial charge in [0.2, 0.25) is 0 Å². The first kappa shape index (κ1) is 13.5. The maximum Gasteiger partial charge on any atom is 0.192 e. The van der Waals surface area contributed by atoms with Crippen molar-refractivity contribution in [3.05, 3.63) is 24.1 Å². The standard InChI is InChI=1S/C17H24N2O/c1-3-13-5-4-6-14(8-7-13)19-15-9-10-17-16(11-15)18-12(2)20-17/h9-11,13-14,19H,3-8H2,1-2H3. The summed E-state index contributed by atoms with van der Waals surface area (Å²) < 4.78 is 5.52. The fourth-order valence-electron chi connectivity index (χ4n) is 3.30. The molecule has 3 heteroatoms. The number of fused-ring (bicyclic) bond motifs is 1. The molecule has 0 saturated heterocycles. The van der Waals surface area contributed by atoms with E-state index in [1.165, 1.54) is 44.2 Å². The Hall–Kier alpha value is -1.51. The SMILES string of the molecule is CCC1CCCC(Nc2ccc3oc(C)nc3c2)CC1. The molecule has 0 amide bonds. The van der Waals surface area contributed by atoms with E-state index in [1.807, 2.05) is 13.0 Å². The maximum atomic E-state index is 5.52. The minimum absolute atomic E-state index is 0.608. The molecule has 2 atom stereocenters. The smallest absolute Gasteiger partial charge is 0.192 e. The highest BCUT2D eigenvalue weighted by Gasteiger charge is 2.17. The second kappa shape index (κ2) is 5.86. The molecule has 1 aliphatic carbocycles. The number of rotatable bonds is 3. The predicted octanol–water partition coefficient (Wildman–Crippen LogP) is 4.91. The normalized spacial score (nSPS) is 23.7. The largest absolute Gasteiger partial charge is 0.441 e. The van der Waals surface area contributed by atoms with Crippen LogP contribution in [0.1, 0.15) is 51.3 Å². The highest BCUT2D eigenvalue weighted by atomic mass is 16.3. The van der Waals surface area contributed by atoms with E-state index in [0.717, 1.165) is 22.9 Å². The van der Waals surface area contributed by atoms with Gasteiger partial charge in [0.1, 0.15) is 5.52 Å². The lowest BCUT2D eigenvalue weighted by Crippen LogP contribution is -2.18. The van der Waals surface area contributed by atoms with Gasteiger partial charge in [0.15, 0.2) is 11.5 Å². The summed E-state index contributed by atoms with van der Waals surface area (Å²) in [7, 11) is 0. The Morgan fingerprint density at radius 2 is 2.15 bits per heavy atom. The van der Waals surface area contributed by atoms with Gasteiger partial charge < -0.3 is 9.73 Å². The molecule has 1 saturated carbocycles. The van der Waals surface area contributed by atoms with Gasteiger partial charge in [-0.2, -0.15) is 0 Å². The summed E-state index contributed by atoms with van der Waals surface area (Å²) in [6.07, 6.45) is 8.01. The van der Waals surface area contributed by atoms with E-state index in [2.05, 4.69) is 29.4 Å². The van der Waals surface area contributed by atoms with Crippen LogP contribution in [0.15, 0.2) is 22.6 Å². The van der Waals surface area contributed by atoms with E-state index in [-0.39, 0.29) is 0 Å². The van der Waals surface area contributed by atoms with Gasteiger partial charge in [0, 0.05) is 18.7 Å². The molecule has 0 spiro atoms. The molecule has 1 heterocycles. The quantitative estimate of drug-likeness (QED) is 0.807. The molecule has 1 aromatic heterocycles. The van der Waals surface area contributed by atoms with Crippen molar-refractivity contribution in [3.8, 4) is 0 Å². The lowest BCUT2D eigenvalue weighted by Gasteiger charge is -2.18. The third kappa shape index (κ3) is 2.97. The first-order chi connectivity index (χ1) is 9.74. The Morgan fingerprint density at radius 1 is 1.25 bits per heavy atom. The van der Waals surface area contributed by atoms with Crippen molar-refractivity contribution >= 4 is 16.8 Å². The van der Waals surface area contributed by atoms with Crippen molar-refractivity contribution in [2.45, 2.75) is 58.4 Å². The highest BCUT2D eigenvalue weighted by molar-refractivity contribution is 5.77. The number of nitrogens with zero attached hydrogens (tertiary/aromatic N) is 1. The van der Waals surface area contributed by atoms with Crippen LogP contribution in [0.5, 0.6) is 0 Å². The molecule has 0 bridgehead atoms. The van der Waals surface area contributed by atoms with Crippen molar-refractivity contribution in [3.63, 3.8) is 0 Å². The van der Waals surface area contributed by atoms with Gasteiger partial charge in [-0.05, 0) is 43.4 Å². The third-order valence-corrected chi connectivity index (χ3v) is 4.53. The molecule has 3 nitrogen and oxygen atoms in total. The molecular formula is C17H24N2O. The van der Waals surface area contributed by atoms with E-state index in [1.54, 1.807) is 0 Å². The Bertz CT molecular complexity index is 575. The van der Waals surface area contributed by atoms with Crippen molar-refractivity contribution in [2.75, 3.05) is 5.32 Å². The Balaban J connectivity index is 1.69. The zero-order chi connectivity index (χ0) is 13.9. The van der Waals surface area contributed by atoms with Crippen LogP contribution in [0.25, 0.3) is 11.1 Å². The fraction of sp³-hybridized carbons (Fsp3) is 0.588. The molecule has 0 radical (unpaired) electrons. The topological polar surface area (TPSA) is 38.1 Å². The number of nitrogens with one attached hydrogen (secondary N) is 1. The number of hydrogen-bond donors (Lipinski definition) is 1. The van der Waals surface area contributed by atoms with E-state index in [0.29, 0.717) is 6.04 Å². The van der Waals surface area contributed by atoms with Gasteiger partial charge in [0.25, 0.3) is 0 Å². The van der Waals surface area contributed by atoms with E-state index in [4.69, 9.17) is 4.42 Å². The zero-order valence-electron chi connectivity index (χ0n) is 12.5. The lowest BCUT2D eigenvalue weighted by atomic mass is 9.98. The van der Waals surface area contributed by atoms with Gasteiger partial charge in [0.05, 0.1) is 0 Å². The van der Waals surface area contributed by atoms with Crippen molar-refractivity contribution < 1.29 is 4.42 Å². The predicted molar refractivity (Wildman–Crippen MR) is 83.0 cm³/mol. The molecule has 108 valence electrons. The third-order valence-electron chi connectivity index (χ3n) is 4.53. The van der Waals surface area contributed by atoms with Crippen LogP contribution in [0.3, 0.4) is 0 Å². The summed E-state index contributed by atoms with van der Waals surface area (Å²) in [6.45, 7) is 4.21. The maximum absolute atomic E-state index is 5.52. The monoisotopic (exact) mass is 272 g/mol. The van der Waals surface area contributed by atoms with Crippen LogP contribution in [0.4, 0.5) is 5.69 Å². The van der Waals surface area contributed by atoms with E-state index < -0.39 is 0 Å². The molecule has 0 aliphatic heterocycles. The first-order valence-electron chi connectivity index (χ1n) is 7.88. The zero-order valence-corrected chi connectivity index (χ0v) is 12.5. The number of aryl methyl sites for hydroxylation is 1. The first-order valence-corrected chi connectivity index (χ1v) is 7.88. The summed E-state index contributed by atoms with van der Waals surface area (Å²) in [4.78, 5) is 4.40. The minimum Gasteiger partial charge on any atom is -0.441 e. The van der Waals surface area contributed by atoms with Gasteiger partial charge in [-0.1, -0.05) is 26.2 Å². The van der Waals surface area contributed by atoms with Gasteiger partial charge in [-0.25, -0.2) is 4.98 Å². The number of anilines is 1.